The highest BCUT2D eigenvalue weighted by atomic mass is 79.9. The van der Waals surface area contributed by atoms with E-state index in [1.54, 1.807) is 0 Å². The Morgan fingerprint density at radius 2 is 2.20 bits per heavy atom. The first-order valence-electron chi connectivity index (χ1n) is 4.91. The SMILES string of the molecule is N#Cc1ccc(Br)cc1NC1CC(N)C1. The smallest absolute Gasteiger partial charge is 0.101 e. The van der Waals surface area contributed by atoms with Gasteiger partial charge in [0, 0.05) is 16.6 Å². The molecule has 2 rings (SSSR count). The van der Waals surface area contributed by atoms with Gasteiger partial charge in [-0.2, -0.15) is 5.26 Å². The molecule has 3 N–H and O–H groups in total. The predicted octanol–water partition coefficient (Wildman–Crippen LogP) is 2.22. The van der Waals surface area contributed by atoms with Crippen LogP contribution >= 0.6 is 15.9 Å². The molecule has 15 heavy (non-hydrogen) atoms. The lowest BCUT2D eigenvalue weighted by Gasteiger charge is -2.34. The van der Waals surface area contributed by atoms with Crippen LogP contribution in [0.3, 0.4) is 0 Å². The van der Waals surface area contributed by atoms with Crippen molar-refractivity contribution < 1.29 is 0 Å². The number of hydrogen-bond donors (Lipinski definition) is 2. The number of anilines is 1. The third-order valence-electron chi connectivity index (χ3n) is 2.64. The molecule has 1 aromatic carbocycles. The van der Waals surface area contributed by atoms with Gasteiger partial charge in [0.2, 0.25) is 0 Å². The van der Waals surface area contributed by atoms with E-state index in [2.05, 4.69) is 27.3 Å². The van der Waals surface area contributed by atoms with E-state index in [-0.39, 0.29) is 0 Å². The number of rotatable bonds is 2. The summed E-state index contributed by atoms with van der Waals surface area (Å²) in [5, 5.41) is 12.3. The van der Waals surface area contributed by atoms with E-state index in [1.165, 1.54) is 0 Å². The summed E-state index contributed by atoms with van der Waals surface area (Å²) in [6.07, 6.45) is 1.97. The average molecular weight is 266 g/mol. The van der Waals surface area contributed by atoms with Crippen molar-refractivity contribution in [1.82, 2.24) is 0 Å². The molecule has 1 saturated carbocycles. The lowest BCUT2D eigenvalue weighted by atomic mass is 9.87. The van der Waals surface area contributed by atoms with Gasteiger partial charge in [0.1, 0.15) is 6.07 Å². The van der Waals surface area contributed by atoms with Crippen LogP contribution in [-0.2, 0) is 0 Å². The highest BCUT2D eigenvalue weighted by Crippen LogP contribution is 2.26. The molecule has 1 aliphatic carbocycles. The zero-order valence-electron chi connectivity index (χ0n) is 8.20. The van der Waals surface area contributed by atoms with Crippen molar-refractivity contribution in [3.63, 3.8) is 0 Å². The monoisotopic (exact) mass is 265 g/mol. The number of halogens is 1. The summed E-state index contributed by atoms with van der Waals surface area (Å²) < 4.78 is 0.979. The Labute approximate surface area is 97.4 Å². The molecule has 1 aliphatic rings. The first-order chi connectivity index (χ1) is 7.19. The molecule has 4 heteroatoms. The van der Waals surface area contributed by atoms with Gasteiger partial charge in [-0.25, -0.2) is 0 Å². The summed E-state index contributed by atoms with van der Waals surface area (Å²) in [6, 6.07) is 8.53. The quantitative estimate of drug-likeness (QED) is 0.862. The highest BCUT2D eigenvalue weighted by Gasteiger charge is 2.26. The van der Waals surface area contributed by atoms with Gasteiger partial charge in [0.15, 0.2) is 0 Å². The Hall–Kier alpha value is -1.05. The molecule has 0 spiro atoms. The Morgan fingerprint density at radius 1 is 1.47 bits per heavy atom. The van der Waals surface area contributed by atoms with Crippen molar-refractivity contribution in [1.29, 1.82) is 5.26 Å². The molecule has 0 atom stereocenters. The van der Waals surface area contributed by atoms with E-state index in [0.717, 1.165) is 23.0 Å². The zero-order valence-corrected chi connectivity index (χ0v) is 9.79. The lowest BCUT2D eigenvalue weighted by Crippen LogP contribution is -2.44. The molecular weight excluding hydrogens is 254 g/mol. The molecule has 1 aromatic rings. The Kier molecular flexibility index (Phi) is 2.94. The van der Waals surface area contributed by atoms with Gasteiger partial charge in [0.05, 0.1) is 11.3 Å². The molecule has 0 radical (unpaired) electrons. The van der Waals surface area contributed by atoms with E-state index in [0.29, 0.717) is 17.6 Å². The first kappa shape index (κ1) is 10.5. The highest BCUT2D eigenvalue weighted by molar-refractivity contribution is 9.10. The van der Waals surface area contributed by atoms with Gasteiger partial charge in [-0.3, -0.25) is 0 Å². The molecule has 0 heterocycles. The predicted molar refractivity (Wildman–Crippen MR) is 63.5 cm³/mol. The van der Waals surface area contributed by atoms with Crippen LogP contribution in [0.1, 0.15) is 18.4 Å². The number of nitrogens with one attached hydrogen (secondary N) is 1. The van der Waals surface area contributed by atoms with Crippen molar-refractivity contribution in [3.05, 3.63) is 28.2 Å². The Balaban J connectivity index is 2.13. The van der Waals surface area contributed by atoms with E-state index in [4.69, 9.17) is 11.0 Å². The molecule has 0 aliphatic heterocycles. The molecule has 78 valence electrons. The van der Waals surface area contributed by atoms with Crippen LogP contribution in [0.25, 0.3) is 0 Å². The molecule has 1 fully saturated rings. The molecule has 0 bridgehead atoms. The Morgan fingerprint density at radius 3 is 2.80 bits per heavy atom. The minimum Gasteiger partial charge on any atom is -0.381 e. The van der Waals surface area contributed by atoms with Crippen LogP contribution in [0, 0.1) is 11.3 Å². The van der Waals surface area contributed by atoms with Crippen molar-refractivity contribution in [2.24, 2.45) is 5.73 Å². The molecule has 0 saturated heterocycles. The normalized spacial score (nSPS) is 24.1. The second-order valence-corrected chi connectivity index (χ2v) is 4.79. The largest absolute Gasteiger partial charge is 0.381 e. The zero-order chi connectivity index (χ0) is 10.8. The third-order valence-corrected chi connectivity index (χ3v) is 3.13. The summed E-state index contributed by atoms with van der Waals surface area (Å²) in [5.41, 5.74) is 7.28. The van der Waals surface area contributed by atoms with E-state index in [9.17, 15) is 0 Å². The molecular formula is C11H12BrN3. The van der Waals surface area contributed by atoms with E-state index in [1.807, 2.05) is 18.2 Å². The maximum Gasteiger partial charge on any atom is 0.101 e. The van der Waals surface area contributed by atoms with Crippen molar-refractivity contribution in [2.75, 3.05) is 5.32 Å². The molecule has 0 amide bonds. The second kappa shape index (κ2) is 4.21. The van der Waals surface area contributed by atoms with Gasteiger partial charge >= 0.3 is 0 Å². The van der Waals surface area contributed by atoms with Gasteiger partial charge in [-0.15, -0.1) is 0 Å². The fraction of sp³-hybridized carbons (Fsp3) is 0.364. The van der Waals surface area contributed by atoms with Crippen molar-refractivity contribution >= 4 is 21.6 Å². The standard InChI is InChI=1S/C11H12BrN3/c12-8-2-1-7(6-13)11(3-8)15-10-4-9(14)5-10/h1-3,9-10,15H,4-5,14H2. The van der Waals surface area contributed by atoms with E-state index < -0.39 is 0 Å². The Bertz CT molecular complexity index is 405. The number of nitrogens with two attached hydrogens (primary N) is 1. The van der Waals surface area contributed by atoms with Crippen LogP contribution in [0.5, 0.6) is 0 Å². The average Bonchev–Trinajstić information content (AvgIpc) is 2.16. The number of nitrogens with zero attached hydrogens (tertiary/aromatic N) is 1. The first-order valence-corrected chi connectivity index (χ1v) is 5.70. The summed E-state index contributed by atoms with van der Waals surface area (Å²) in [5.74, 6) is 0. The second-order valence-electron chi connectivity index (χ2n) is 3.87. The maximum atomic E-state index is 8.93. The molecule has 3 nitrogen and oxygen atoms in total. The van der Waals surface area contributed by atoms with Gasteiger partial charge in [0.25, 0.3) is 0 Å². The lowest BCUT2D eigenvalue weighted by molar-refractivity contribution is 0.373. The van der Waals surface area contributed by atoms with Gasteiger partial charge in [-0.05, 0) is 31.0 Å². The molecule has 0 aromatic heterocycles. The van der Waals surface area contributed by atoms with Gasteiger partial charge in [-0.1, -0.05) is 15.9 Å². The fourth-order valence-electron chi connectivity index (χ4n) is 1.73. The minimum atomic E-state index is 0.320. The number of benzene rings is 1. The van der Waals surface area contributed by atoms with Crippen LogP contribution in [0.2, 0.25) is 0 Å². The summed E-state index contributed by atoms with van der Waals surface area (Å²) >= 11 is 3.39. The number of nitriles is 1. The van der Waals surface area contributed by atoms with Crippen LogP contribution in [-0.4, -0.2) is 12.1 Å². The molecule has 0 unspecified atom stereocenters. The van der Waals surface area contributed by atoms with Crippen molar-refractivity contribution in [3.8, 4) is 6.07 Å². The summed E-state index contributed by atoms with van der Waals surface area (Å²) in [6.45, 7) is 0. The third kappa shape index (κ3) is 2.31. The minimum absolute atomic E-state index is 0.320. The van der Waals surface area contributed by atoms with Crippen LogP contribution in [0.4, 0.5) is 5.69 Å². The van der Waals surface area contributed by atoms with Crippen LogP contribution in [0.15, 0.2) is 22.7 Å². The summed E-state index contributed by atoms with van der Waals surface area (Å²) in [4.78, 5) is 0. The van der Waals surface area contributed by atoms with Gasteiger partial charge < -0.3 is 11.1 Å². The van der Waals surface area contributed by atoms with Crippen LogP contribution < -0.4 is 11.1 Å². The topological polar surface area (TPSA) is 61.8 Å². The fourth-order valence-corrected chi connectivity index (χ4v) is 2.09. The summed E-state index contributed by atoms with van der Waals surface area (Å²) in [7, 11) is 0. The van der Waals surface area contributed by atoms with Crippen molar-refractivity contribution in [2.45, 2.75) is 24.9 Å². The number of hydrogen-bond acceptors (Lipinski definition) is 3. The maximum absolute atomic E-state index is 8.93. The van der Waals surface area contributed by atoms with E-state index >= 15 is 0 Å².